The molecule has 1 atom stereocenters. The number of sulfonamides is 1. The summed E-state index contributed by atoms with van der Waals surface area (Å²) < 4.78 is 25.4. The molecule has 23 heavy (non-hydrogen) atoms. The van der Waals surface area contributed by atoms with E-state index in [-0.39, 0.29) is 31.0 Å². The standard InChI is InChI=1S/C17H26N2O3S/c1-14(15-8-4-3-5-9-15)18-17(20)12-13-19(23(2,21)22)16-10-6-7-11-16/h3-5,8-9,14,16H,6-7,10-13H2,1-2H3,(H,18,20). The normalized spacial score (nSPS) is 17.3. The number of benzene rings is 1. The summed E-state index contributed by atoms with van der Waals surface area (Å²) in [4.78, 5) is 12.1. The number of carbonyl (C=O) groups excluding carboxylic acids is 1. The van der Waals surface area contributed by atoms with Gasteiger partial charge in [0.1, 0.15) is 0 Å². The highest BCUT2D eigenvalue weighted by Crippen LogP contribution is 2.25. The monoisotopic (exact) mass is 338 g/mol. The molecule has 1 amide bonds. The molecule has 1 aromatic rings. The highest BCUT2D eigenvalue weighted by atomic mass is 32.2. The minimum absolute atomic E-state index is 0.0596. The quantitative estimate of drug-likeness (QED) is 0.830. The van der Waals surface area contributed by atoms with Crippen molar-refractivity contribution in [3.05, 3.63) is 35.9 Å². The third-order valence-electron chi connectivity index (χ3n) is 4.39. The van der Waals surface area contributed by atoms with Gasteiger partial charge in [0.05, 0.1) is 12.3 Å². The zero-order valence-electron chi connectivity index (χ0n) is 13.9. The Kier molecular flexibility index (Phi) is 6.18. The van der Waals surface area contributed by atoms with Gasteiger partial charge >= 0.3 is 0 Å². The Bertz CT molecular complexity index is 610. The van der Waals surface area contributed by atoms with Crippen molar-refractivity contribution in [1.29, 1.82) is 0 Å². The highest BCUT2D eigenvalue weighted by molar-refractivity contribution is 7.88. The molecule has 0 spiro atoms. The summed E-state index contributed by atoms with van der Waals surface area (Å²) in [6.45, 7) is 2.19. The number of amides is 1. The number of rotatable bonds is 7. The van der Waals surface area contributed by atoms with Crippen LogP contribution >= 0.6 is 0 Å². The van der Waals surface area contributed by atoms with Crippen molar-refractivity contribution < 1.29 is 13.2 Å². The summed E-state index contributed by atoms with van der Waals surface area (Å²) >= 11 is 0. The lowest BCUT2D eigenvalue weighted by Gasteiger charge is -2.26. The predicted octanol–water partition coefficient (Wildman–Crippen LogP) is 2.46. The van der Waals surface area contributed by atoms with Gasteiger partial charge in [-0.05, 0) is 25.3 Å². The van der Waals surface area contributed by atoms with E-state index in [1.807, 2.05) is 37.3 Å². The molecular weight excluding hydrogens is 312 g/mol. The molecular formula is C17H26N2O3S. The summed E-state index contributed by atoms with van der Waals surface area (Å²) in [5.74, 6) is -0.118. The Balaban J connectivity index is 1.89. The van der Waals surface area contributed by atoms with E-state index in [0.717, 1.165) is 31.2 Å². The molecule has 6 heteroatoms. The van der Waals surface area contributed by atoms with Gasteiger partial charge in [-0.2, -0.15) is 4.31 Å². The molecule has 0 saturated heterocycles. The van der Waals surface area contributed by atoms with Gasteiger partial charge in [-0.3, -0.25) is 4.79 Å². The van der Waals surface area contributed by atoms with E-state index in [2.05, 4.69) is 5.32 Å². The summed E-state index contributed by atoms with van der Waals surface area (Å²) in [6, 6.07) is 9.71. The predicted molar refractivity (Wildman–Crippen MR) is 91.4 cm³/mol. The number of hydrogen-bond donors (Lipinski definition) is 1. The van der Waals surface area contributed by atoms with E-state index in [1.165, 1.54) is 10.6 Å². The van der Waals surface area contributed by atoms with Gasteiger partial charge in [-0.25, -0.2) is 8.42 Å². The molecule has 0 radical (unpaired) electrons. The second-order valence-electron chi connectivity index (χ2n) is 6.26. The molecule has 5 nitrogen and oxygen atoms in total. The van der Waals surface area contributed by atoms with Gasteiger partial charge in [0.15, 0.2) is 0 Å². The van der Waals surface area contributed by atoms with Gasteiger partial charge in [0.25, 0.3) is 0 Å². The van der Waals surface area contributed by atoms with E-state index in [0.29, 0.717) is 0 Å². The maximum Gasteiger partial charge on any atom is 0.221 e. The van der Waals surface area contributed by atoms with Crippen LogP contribution in [0.15, 0.2) is 30.3 Å². The fourth-order valence-corrected chi connectivity index (χ4v) is 4.34. The lowest BCUT2D eigenvalue weighted by Crippen LogP contribution is -2.40. The topological polar surface area (TPSA) is 66.5 Å². The Morgan fingerprint density at radius 1 is 1.26 bits per heavy atom. The molecule has 1 N–H and O–H groups in total. The first kappa shape index (κ1) is 17.9. The first-order valence-corrected chi connectivity index (χ1v) is 10.0. The maximum atomic E-state index is 12.1. The van der Waals surface area contributed by atoms with Crippen LogP contribution in [0.3, 0.4) is 0 Å². The molecule has 1 aliphatic rings. The smallest absolute Gasteiger partial charge is 0.221 e. The molecule has 1 fully saturated rings. The van der Waals surface area contributed by atoms with E-state index in [9.17, 15) is 13.2 Å². The van der Waals surface area contributed by atoms with Crippen LogP contribution in [-0.4, -0.2) is 37.5 Å². The van der Waals surface area contributed by atoms with Crippen molar-refractivity contribution >= 4 is 15.9 Å². The van der Waals surface area contributed by atoms with E-state index in [1.54, 1.807) is 0 Å². The summed E-state index contributed by atoms with van der Waals surface area (Å²) in [6.07, 6.45) is 5.35. The average molecular weight is 338 g/mol. The van der Waals surface area contributed by atoms with Crippen LogP contribution in [0, 0.1) is 0 Å². The average Bonchev–Trinajstić information content (AvgIpc) is 3.01. The number of hydrogen-bond acceptors (Lipinski definition) is 3. The van der Waals surface area contributed by atoms with Crippen LogP contribution in [0.5, 0.6) is 0 Å². The van der Waals surface area contributed by atoms with Crippen molar-refractivity contribution in [2.24, 2.45) is 0 Å². The second kappa shape index (κ2) is 7.93. The molecule has 1 aliphatic carbocycles. The molecule has 1 unspecified atom stereocenters. The summed E-state index contributed by atoms with van der Waals surface area (Å²) in [5, 5.41) is 2.93. The Morgan fingerprint density at radius 2 is 1.87 bits per heavy atom. The minimum atomic E-state index is -3.27. The van der Waals surface area contributed by atoms with Crippen LogP contribution in [0.4, 0.5) is 0 Å². The van der Waals surface area contributed by atoms with Crippen LogP contribution < -0.4 is 5.32 Å². The number of nitrogens with zero attached hydrogens (tertiary/aromatic N) is 1. The van der Waals surface area contributed by atoms with E-state index in [4.69, 9.17) is 0 Å². The minimum Gasteiger partial charge on any atom is -0.350 e. The largest absolute Gasteiger partial charge is 0.350 e. The van der Waals surface area contributed by atoms with Crippen molar-refractivity contribution in [3.63, 3.8) is 0 Å². The van der Waals surface area contributed by atoms with Gasteiger partial charge in [-0.1, -0.05) is 43.2 Å². The molecule has 128 valence electrons. The molecule has 0 heterocycles. The summed E-state index contributed by atoms with van der Waals surface area (Å²) in [7, 11) is -3.27. The SMILES string of the molecule is CC(NC(=O)CCN(C1CCCC1)S(C)(=O)=O)c1ccccc1. The van der Waals surface area contributed by atoms with Crippen LogP contribution in [-0.2, 0) is 14.8 Å². The van der Waals surface area contributed by atoms with Crippen molar-refractivity contribution in [1.82, 2.24) is 9.62 Å². The Morgan fingerprint density at radius 3 is 2.43 bits per heavy atom. The lowest BCUT2D eigenvalue weighted by molar-refractivity contribution is -0.121. The van der Waals surface area contributed by atoms with E-state index < -0.39 is 10.0 Å². The summed E-state index contributed by atoms with van der Waals surface area (Å²) in [5.41, 5.74) is 1.04. The molecule has 2 rings (SSSR count). The van der Waals surface area contributed by atoms with Crippen LogP contribution in [0.1, 0.15) is 50.6 Å². The number of nitrogens with one attached hydrogen (secondary N) is 1. The molecule has 1 saturated carbocycles. The fourth-order valence-electron chi connectivity index (χ4n) is 3.16. The van der Waals surface area contributed by atoms with Crippen LogP contribution in [0.25, 0.3) is 0 Å². The zero-order chi connectivity index (χ0) is 16.9. The molecule has 0 aromatic heterocycles. The second-order valence-corrected chi connectivity index (χ2v) is 8.20. The Labute approximate surface area is 139 Å². The zero-order valence-corrected chi connectivity index (χ0v) is 14.7. The molecule has 0 bridgehead atoms. The van der Waals surface area contributed by atoms with Gasteiger partial charge < -0.3 is 5.32 Å². The number of carbonyl (C=O) groups is 1. The highest BCUT2D eigenvalue weighted by Gasteiger charge is 2.29. The molecule has 0 aliphatic heterocycles. The van der Waals surface area contributed by atoms with E-state index >= 15 is 0 Å². The Hall–Kier alpha value is -1.40. The van der Waals surface area contributed by atoms with Gasteiger partial charge in [-0.15, -0.1) is 0 Å². The maximum absolute atomic E-state index is 12.1. The fraction of sp³-hybridized carbons (Fsp3) is 0.588. The van der Waals surface area contributed by atoms with Gasteiger partial charge in [0, 0.05) is 19.0 Å². The van der Waals surface area contributed by atoms with Crippen molar-refractivity contribution in [2.75, 3.05) is 12.8 Å². The van der Waals surface area contributed by atoms with Crippen molar-refractivity contribution in [3.8, 4) is 0 Å². The molecule has 1 aromatic carbocycles. The third kappa shape index (κ3) is 5.32. The third-order valence-corrected chi connectivity index (χ3v) is 5.73. The van der Waals surface area contributed by atoms with Gasteiger partial charge in [0.2, 0.25) is 15.9 Å². The first-order chi connectivity index (χ1) is 10.9. The van der Waals surface area contributed by atoms with Crippen molar-refractivity contribution in [2.45, 2.75) is 51.1 Å². The lowest BCUT2D eigenvalue weighted by atomic mass is 10.1. The first-order valence-electron chi connectivity index (χ1n) is 8.19. The van der Waals surface area contributed by atoms with Crippen LogP contribution in [0.2, 0.25) is 0 Å².